The molecule has 0 bridgehead atoms. The Morgan fingerprint density at radius 3 is 2.65 bits per heavy atom. The number of rotatable bonds is 4. The van der Waals surface area contributed by atoms with E-state index in [4.69, 9.17) is 5.73 Å². The van der Waals surface area contributed by atoms with Gasteiger partial charge in [-0.25, -0.2) is 13.1 Å². The Hall–Kier alpha value is -2.00. The first-order valence-corrected chi connectivity index (χ1v) is 7.42. The van der Waals surface area contributed by atoms with Crippen molar-refractivity contribution in [3.8, 4) is 0 Å². The van der Waals surface area contributed by atoms with Crippen LogP contribution in [0.5, 0.6) is 0 Å². The third-order valence-corrected chi connectivity index (χ3v) is 4.80. The number of aryl methyl sites for hydroxylation is 1. The average molecular weight is 296 g/mol. The van der Waals surface area contributed by atoms with Gasteiger partial charge in [-0.3, -0.25) is 0 Å². The summed E-state index contributed by atoms with van der Waals surface area (Å²) in [4.78, 5) is 0.0906. The maximum Gasteiger partial charge on any atom is 0.243 e. The van der Waals surface area contributed by atoms with Crippen LogP contribution < -0.4 is 10.5 Å². The van der Waals surface area contributed by atoms with Crippen molar-refractivity contribution < 1.29 is 8.42 Å². The van der Waals surface area contributed by atoms with E-state index in [1.165, 1.54) is 0 Å². The largest absolute Gasteiger partial charge is 0.398 e. The highest BCUT2D eigenvalue weighted by Crippen LogP contribution is 2.26. The topological polar surface area (TPSA) is 127 Å². The highest BCUT2D eigenvalue weighted by atomic mass is 32.2. The quantitative estimate of drug-likeness (QED) is 0.702. The van der Waals surface area contributed by atoms with Gasteiger partial charge >= 0.3 is 0 Å². The van der Waals surface area contributed by atoms with E-state index in [1.807, 2.05) is 6.92 Å². The van der Waals surface area contributed by atoms with Crippen LogP contribution in [0.3, 0.4) is 0 Å². The number of aromatic amines is 1. The lowest BCUT2D eigenvalue weighted by molar-refractivity contribution is 0.559. The first kappa shape index (κ1) is 14.4. The summed E-state index contributed by atoms with van der Waals surface area (Å²) in [5.41, 5.74) is 7.49. The van der Waals surface area contributed by atoms with Crippen LogP contribution in [-0.2, 0) is 10.0 Å². The van der Waals surface area contributed by atoms with Gasteiger partial charge in [-0.05, 0) is 38.0 Å². The van der Waals surface area contributed by atoms with Crippen LogP contribution >= 0.6 is 0 Å². The van der Waals surface area contributed by atoms with E-state index < -0.39 is 16.1 Å². The summed E-state index contributed by atoms with van der Waals surface area (Å²) in [6.45, 7) is 5.18. The lowest BCUT2D eigenvalue weighted by Crippen LogP contribution is -2.29. The van der Waals surface area contributed by atoms with Crippen molar-refractivity contribution in [2.75, 3.05) is 5.73 Å². The smallest absolute Gasteiger partial charge is 0.243 e. The summed E-state index contributed by atoms with van der Waals surface area (Å²) in [5, 5.41) is 13.2. The van der Waals surface area contributed by atoms with Gasteiger partial charge in [-0.1, -0.05) is 11.3 Å². The molecule has 108 valence electrons. The highest BCUT2D eigenvalue weighted by Gasteiger charge is 2.25. The summed E-state index contributed by atoms with van der Waals surface area (Å²) in [5.74, 6) is 0.262. The van der Waals surface area contributed by atoms with Crippen molar-refractivity contribution in [3.05, 3.63) is 29.1 Å². The van der Waals surface area contributed by atoms with E-state index in [2.05, 4.69) is 25.3 Å². The average Bonchev–Trinajstić information content (AvgIpc) is 2.87. The Labute approximate surface area is 116 Å². The zero-order valence-corrected chi connectivity index (χ0v) is 12.2. The van der Waals surface area contributed by atoms with Crippen molar-refractivity contribution in [1.29, 1.82) is 0 Å². The van der Waals surface area contributed by atoms with E-state index in [-0.39, 0.29) is 16.4 Å². The maximum atomic E-state index is 12.5. The molecule has 1 atom stereocenters. The zero-order valence-electron chi connectivity index (χ0n) is 11.4. The van der Waals surface area contributed by atoms with E-state index in [9.17, 15) is 8.42 Å². The summed E-state index contributed by atoms with van der Waals surface area (Å²) < 4.78 is 27.4. The van der Waals surface area contributed by atoms with Crippen molar-refractivity contribution in [2.45, 2.75) is 31.7 Å². The molecule has 0 saturated heterocycles. The predicted octanol–water partition coefficient (Wildman–Crippen LogP) is 0.438. The van der Waals surface area contributed by atoms with Gasteiger partial charge in [0.15, 0.2) is 5.82 Å². The molecule has 4 N–H and O–H groups in total. The number of anilines is 1. The minimum atomic E-state index is -3.77. The Bertz CT molecular complexity index is 711. The van der Waals surface area contributed by atoms with Crippen LogP contribution in [0.1, 0.15) is 29.9 Å². The third-order valence-electron chi connectivity index (χ3n) is 3.06. The molecule has 0 aliphatic heterocycles. The third kappa shape index (κ3) is 2.63. The fourth-order valence-electron chi connectivity index (χ4n) is 1.87. The fourth-order valence-corrected chi connectivity index (χ4v) is 3.50. The number of sulfonamides is 1. The molecule has 0 spiro atoms. The van der Waals surface area contributed by atoms with Gasteiger partial charge in [0.2, 0.25) is 10.0 Å². The molecule has 1 aromatic heterocycles. The number of aromatic nitrogens is 4. The maximum absolute atomic E-state index is 12.5. The predicted molar refractivity (Wildman–Crippen MR) is 73.2 cm³/mol. The second-order valence-corrected chi connectivity index (χ2v) is 6.19. The Kier molecular flexibility index (Phi) is 3.73. The van der Waals surface area contributed by atoms with E-state index in [0.29, 0.717) is 5.56 Å². The fraction of sp³-hybridized carbons (Fsp3) is 0.364. The van der Waals surface area contributed by atoms with Gasteiger partial charge in [0, 0.05) is 0 Å². The Morgan fingerprint density at radius 1 is 1.35 bits per heavy atom. The molecule has 1 aromatic carbocycles. The molecule has 0 aliphatic rings. The summed E-state index contributed by atoms with van der Waals surface area (Å²) in [7, 11) is -3.77. The molecule has 20 heavy (non-hydrogen) atoms. The number of tetrazole rings is 1. The van der Waals surface area contributed by atoms with Gasteiger partial charge in [0.25, 0.3) is 0 Å². The molecule has 0 radical (unpaired) electrons. The van der Waals surface area contributed by atoms with Crippen LogP contribution in [0.2, 0.25) is 0 Å². The van der Waals surface area contributed by atoms with Crippen LogP contribution in [0.4, 0.5) is 5.69 Å². The van der Waals surface area contributed by atoms with E-state index >= 15 is 0 Å². The van der Waals surface area contributed by atoms with Crippen molar-refractivity contribution in [3.63, 3.8) is 0 Å². The summed E-state index contributed by atoms with van der Waals surface area (Å²) in [6.07, 6.45) is 0. The summed E-state index contributed by atoms with van der Waals surface area (Å²) >= 11 is 0. The van der Waals surface area contributed by atoms with E-state index in [0.717, 1.165) is 5.56 Å². The molecule has 0 fully saturated rings. The van der Waals surface area contributed by atoms with Gasteiger partial charge in [-0.15, -0.1) is 10.2 Å². The first-order chi connectivity index (χ1) is 9.33. The molecule has 8 nitrogen and oxygen atoms in total. The second-order valence-electron chi connectivity index (χ2n) is 4.54. The number of nitrogens with zero attached hydrogens (tertiary/aromatic N) is 3. The van der Waals surface area contributed by atoms with Gasteiger partial charge < -0.3 is 5.73 Å². The number of benzene rings is 1. The molecule has 1 heterocycles. The van der Waals surface area contributed by atoms with Crippen LogP contribution in [0, 0.1) is 13.8 Å². The van der Waals surface area contributed by atoms with Crippen LogP contribution in [0.25, 0.3) is 0 Å². The van der Waals surface area contributed by atoms with Gasteiger partial charge in [0.1, 0.15) is 4.90 Å². The Morgan fingerprint density at radius 2 is 2.05 bits per heavy atom. The molecule has 2 rings (SSSR count). The minimum Gasteiger partial charge on any atom is -0.398 e. The molecule has 0 saturated carbocycles. The number of hydrogen-bond donors (Lipinski definition) is 3. The summed E-state index contributed by atoms with van der Waals surface area (Å²) in [6, 6.07) is 2.75. The molecular formula is C11H16N6O2S. The molecule has 1 unspecified atom stereocenters. The lowest BCUT2D eigenvalue weighted by atomic mass is 10.1. The monoisotopic (exact) mass is 296 g/mol. The molecule has 0 amide bonds. The van der Waals surface area contributed by atoms with Crippen LogP contribution in [-0.4, -0.2) is 29.0 Å². The van der Waals surface area contributed by atoms with Crippen molar-refractivity contribution in [1.82, 2.24) is 25.3 Å². The SMILES string of the molecule is Cc1ccc(N)c(S(=O)(=O)NC(C)c2nn[nH]n2)c1C. The molecular weight excluding hydrogens is 280 g/mol. The highest BCUT2D eigenvalue weighted by molar-refractivity contribution is 7.89. The number of hydrogen-bond acceptors (Lipinski definition) is 6. The van der Waals surface area contributed by atoms with Gasteiger partial charge in [-0.2, -0.15) is 5.21 Å². The van der Waals surface area contributed by atoms with Crippen molar-refractivity contribution in [2.24, 2.45) is 0 Å². The van der Waals surface area contributed by atoms with Crippen molar-refractivity contribution >= 4 is 15.7 Å². The number of nitrogen functional groups attached to an aromatic ring is 1. The number of nitrogens with one attached hydrogen (secondary N) is 2. The Balaban J connectivity index is 2.39. The molecule has 9 heteroatoms. The first-order valence-electron chi connectivity index (χ1n) is 5.94. The van der Waals surface area contributed by atoms with E-state index in [1.54, 1.807) is 26.0 Å². The molecule has 0 aliphatic carbocycles. The van der Waals surface area contributed by atoms with Crippen LogP contribution in [0.15, 0.2) is 17.0 Å². The standard InChI is InChI=1S/C11H16N6O2S/c1-6-4-5-9(12)10(7(6)2)20(18,19)15-8(3)11-13-16-17-14-11/h4-5,8,15H,12H2,1-3H3,(H,13,14,16,17). The normalized spacial score (nSPS) is 13.3. The zero-order chi connectivity index (χ0) is 14.9. The molecule has 2 aromatic rings. The van der Waals surface area contributed by atoms with Gasteiger partial charge in [0.05, 0.1) is 11.7 Å². The second kappa shape index (κ2) is 5.17. The number of H-pyrrole nitrogens is 1. The number of nitrogens with two attached hydrogens (primary N) is 1. The lowest BCUT2D eigenvalue weighted by Gasteiger charge is -2.15. The minimum absolute atomic E-state index is 0.0906.